The third-order valence-corrected chi connectivity index (χ3v) is 0.996. The predicted molar refractivity (Wildman–Crippen MR) is 39.6 cm³/mol. The van der Waals surface area contributed by atoms with Crippen molar-refractivity contribution in [2.45, 2.75) is 39.5 Å². The van der Waals surface area contributed by atoms with Gasteiger partial charge in [0.2, 0.25) is 0 Å². The number of halogens is 4. The number of hydrogen-bond acceptors (Lipinski definition) is 2. The molecule has 0 bridgehead atoms. The zero-order valence-electron chi connectivity index (χ0n) is 9.07. The van der Waals surface area contributed by atoms with E-state index in [-0.39, 0.29) is 84.6 Å². The molecule has 0 atom stereocenters. The molecule has 0 aliphatic heterocycles. The molecule has 15 heavy (non-hydrogen) atoms. The minimum absolute atomic E-state index is 0. The first kappa shape index (κ1) is 43.7. The summed E-state index contributed by atoms with van der Waals surface area (Å²) in [5.74, 6) is 0. The van der Waals surface area contributed by atoms with E-state index in [9.17, 15) is 10.2 Å². The van der Waals surface area contributed by atoms with Gasteiger partial charge in [0.15, 0.2) is 0 Å². The van der Waals surface area contributed by atoms with E-state index in [1.165, 1.54) is 0 Å². The van der Waals surface area contributed by atoms with Crippen molar-refractivity contribution < 1.29 is 81.6 Å². The van der Waals surface area contributed by atoms with Gasteiger partial charge in [0.05, 0.1) is 0 Å². The molecule has 0 heterocycles. The Balaban J connectivity index is -0.0000000128. The van der Waals surface area contributed by atoms with Crippen molar-refractivity contribution in [3.63, 3.8) is 0 Å². The molecule has 0 spiro atoms. The van der Waals surface area contributed by atoms with Crippen LogP contribution >= 0.6 is 0 Å². The molecule has 0 saturated carbocycles. The first-order valence-corrected chi connectivity index (χ1v) is 3.99. The minimum Gasteiger partial charge on any atom is -1.00 e. The van der Waals surface area contributed by atoms with Crippen LogP contribution in [-0.4, -0.2) is 13.2 Å². The normalized spacial score (nSPS) is 5.60. The maximum absolute atomic E-state index is 9.53. The van der Waals surface area contributed by atoms with Gasteiger partial charge in [-0.15, -0.1) is 13.2 Å². The Morgan fingerprint density at radius 3 is 0.867 bits per heavy atom. The third kappa shape index (κ3) is 89.5. The van der Waals surface area contributed by atoms with Crippen LogP contribution < -0.4 is 59.8 Å². The number of hydrogen-bond donors (Lipinski definition) is 0. The average Bonchev–Trinajstić information content (AvgIpc) is 1.93. The summed E-state index contributed by atoms with van der Waals surface area (Å²) in [6, 6.07) is 0. The SMILES string of the molecule is CCCC[O-].CCCC[O-].[Cl-].[Cl-].[Cl-].[Cl-].[Ti]. The second-order valence-corrected chi connectivity index (χ2v) is 2.12. The smallest absolute Gasteiger partial charge is 0 e. The van der Waals surface area contributed by atoms with Crippen LogP contribution in [-0.2, 0) is 21.7 Å². The van der Waals surface area contributed by atoms with E-state index in [2.05, 4.69) is 0 Å². The molecule has 0 saturated heterocycles. The van der Waals surface area contributed by atoms with Gasteiger partial charge in [-0.25, -0.2) is 0 Å². The summed E-state index contributed by atoms with van der Waals surface area (Å²) < 4.78 is 0. The average molecular weight is 336 g/mol. The van der Waals surface area contributed by atoms with Crippen molar-refractivity contribution >= 4 is 0 Å². The Kier molecular flexibility index (Phi) is 166. The third-order valence-electron chi connectivity index (χ3n) is 0.996. The first-order chi connectivity index (χ1) is 4.83. The minimum atomic E-state index is 0. The zero-order chi connectivity index (χ0) is 8.24. The van der Waals surface area contributed by atoms with Crippen LogP contribution in [0, 0.1) is 0 Å². The van der Waals surface area contributed by atoms with Crippen LogP contribution in [0.3, 0.4) is 0 Å². The largest absolute Gasteiger partial charge is 1.00 e. The summed E-state index contributed by atoms with van der Waals surface area (Å²) >= 11 is 0. The van der Waals surface area contributed by atoms with E-state index >= 15 is 0 Å². The summed E-state index contributed by atoms with van der Waals surface area (Å²) in [5.41, 5.74) is 0. The van der Waals surface area contributed by atoms with E-state index in [0.29, 0.717) is 0 Å². The van der Waals surface area contributed by atoms with Crippen LogP contribution in [0.25, 0.3) is 0 Å². The number of rotatable bonds is 4. The van der Waals surface area contributed by atoms with E-state index in [0.717, 1.165) is 25.7 Å². The van der Waals surface area contributed by atoms with E-state index in [1.54, 1.807) is 0 Å². The monoisotopic (exact) mass is 334 g/mol. The molecule has 0 aromatic heterocycles. The standard InChI is InChI=1S/2C4H9O.4ClH.Ti/c2*1-2-3-4-5;;;;;/h2*2-4H2,1H3;4*1H;/q2*-1;;;;;/p-4. The van der Waals surface area contributed by atoms with Gasteiger partial charge in [0, 0.05) is 21.7 Å². The molecule has 0 amide bonds. The Labute approximate surface area is 134 Å². The van der Waals surface area contributed by atoms with Crippen LogP contribution in [0.2, 0.25) is 0 Å². The van der Waals surface area contributed by atoms with Crippen LogP contribution in [0.5, 0.6) is 0 Å². The summed E-state index contributed by atoms with van der Waals surface area (Å²) in [5, 5.41) is 19.1. The molecule has 2 nitrogen and oxygen atoms in total. The van der Waals surface area contributed by atoms with Gasteiger partial charge >= 0.3 is 0 Å². The Morgan fingerprint density at radius 2 is 0.867 bits per heavy atom. The molecule has 0 rings (SSSR count). The molecular weight excluding hydrogens is 318 g/mol. The van der Waals surface area contributed by atoms with Crippen molar-refractivity contribution in [2.24, 2.45) is 0 Å². The molecule has 0 unspecified atom stereocenters. The summed E-state index contributed by atoms with van der Waals surface area (Å²) in [4.78, 5) is 0. The zero-order valence-corrected chi connectivity index (χ0v) is 13.7. The summed E-state index contributed by atoms with van der Waals surface area (Å²) in [7, 11) is 0. The van der Waals surface area contributed by atoms with Gasteiger partial charge < -0.3 is 59.8 Å². The van der Waals surface area contributed by atoms with Gasteiger partial charge in [0.25, 0.3) is 0 Å². The quantitative estimate of drug-likeness (QED) is 0.479. The van der Waals surface area contributed by atoms with Gasteiger partial charge in [-0.1, -0.05) is 39.5 Å². The maximum atomic E-state index is 9.53. The van der Waals surface area contributed by atoms with Crippen molar-refractivity contribution in [3.8, 4) is 0 Å². The summed E-state index contributed by atoms with van der Waals surface area (Å²) in [6.45, 7) is 4.21. The van der Waals surface area contributed by atoms with Crippen molar-refractivity contribution in [1.29, 1.82) is 0 Å². The molecule has 0 fully saturated rings. The Bertz CT molecular complexity index is 45.6. The van der Waals surface area contributed by atoms with Gasteiger partial charge in [0.1, 0.15) is 0 Å². The van der Waals surface area contributed by atoms with Crippen molar-refractivity contribution in [2.75, 3.05) is 13.2 Å². The molecule has 0 radical (unpaired) electrons. The van der Waals surface area contributed by atoms with Crippen molar-refractivity contribution in [1.82, 2.24) is 0 Å². The molecule has 0 aliphatic carbocycles. The molecule has 100 valence electrons. The maximum Gasteiger partial charge on any atom is 0 e. The van der Waals surface area contributed by atoms with Crippen LogP contribution in [0.1, 0.15) is 39.5 Å². The van der Waals surface area contributed by atoms with Gasteiger partial charge in [-0.2, -0.15) is 0 Å². The topological polar surface area (TPSA) is 46.1 Å². The predicted octanol–water partition coefficient (Wildman–Crippen LogP) is -11.7. The molecule has 0 aliphatic rings. The summed E-state index contributed by atoms with van der Waals surface area (Å²) in [6.07, 6.45) is 3.73. The molecule has 0 N–H and O–H groups in total. The molecular formula is C8H18Cl4O2Ti-6. The van der Waals surface area contributed by atoms with Crippen molar-refractivity contribution in [3.05, 3.63) is 0 Å². The van der Waals surface area contributed by atoms with Crippen LogP contribution in [0.15, 0.2) is 0 Å². The molecule has 0 aromatic carbocycles. The second kappa shape index (κ2) is 56.9. The second-order valence-electron chi connectivity index (χ2n) is 2.12. The molecule has 0 aromatic rings. The van der Waals surface area contributed by atoms with E-state index in [4.69, 9.17) is 0 Å². The van der Waals surface area contributed by atoms with E-state index in [1.807, 2.05) is 13.8 Å². The van der Waals surface area contributed by atoms with Gasteiger partial charge in [-0.3, -0.25) is 0 Å². The Morgan fingerprint density at radius 1 is 0.667 bits per heavy atom. The first-order valence-electron chi connectivity index (χ1n) is 3.99. The fourth-order valence-electron chi connectivity index (χ4n) is 0.289. The number of unbranched alkanes of at least 4 members (excludes halogenated alkanes) is 2. The Hall–Kier alpha value is 1.79. The fraction of sp³-hybridized carbons (Fsp3) is 1.00. The van der Waals surface area contributed by atoms with Crippen LogP contribution in [0.4, 0.5) is 0 Å². The van der Waals surface area contributed by atoms with Gasteiger partial charge in [-0.05, 0) is 0 Å². The molecule has 7 heteroatoms. The van der Waals surface area contributed by atoms with E-state index < -0.39 is 0 Å². The fourth-order valence-corrected chi connectivity index (χ4v) is 0.289.